The molecule has 10 heteroatoms. The van der Waals surface area contributed by atoms with E-state index in [0.717, 1.165) is 49.2 Å². The van der Waals surface area contributed by atoms with E-state index in [4.69, 9.17) is 16.2 Å². The standard InChI is InChI=1S/C27H23N7O3/c1-26-27(36,12-31-32-25(28)29)10-18(37-26)33-16-8-4-2-6-13(16)20-21-15(11-30-24(21)35)19-14-7-3-5-9-17(14)34(26)23(19)22(20)33/h2-9,12,18,36H,10-11H2,1H3,(H,30,35)(H4,28,29,32)/b31-12+. The molecule has 10 nitrogen and oxygen atoms in total. The first-order valence-corrected chi connectivity index (χ1v) is 12.2. The maximum absolute atomic E-state index is 13.3. The highest BCUT2D eigenvalue weighted by molar-refractivity contribution is 6.31. The average Bonchev–Trinajstić information content (AvgIpc) is 3.56. The zero-order chi connectivity index (χ0) is 25.3. The van der Waals surface area contributed by atoms with Gasteiger partial charge in [0.15, 0.2) is 11.3 Å². The van der Waals surface area contributed by atoms with Gasteiger partial charge in [-0.1, -0.05) is 36.4 Å². The van der Waals surface area contributed by atoms with E-state index < -0.39 is 17.6 Å². The lowest BCUT2D eigenvalue weighted by Crippen LogP contribution is -2.51. The molecule has 3 aromatic carbocycles. The summed E-state index contributed by atoms with van der Waals surface area (Å²) < 4.78 is 11.0. The number of benzene rings is 3. The summed E-state index contributed by atoms with van der Waals surface area (Å²) in [6.45, 7) is 2.31. The van der Waals surface area contributed by atoms with Crippen LogP contribution in [0.15, 0.2) is 58.7 Å². The lowest BCUT2D eigenvalue weighted by Gasteiger charge is -2.37. The maximum atomic E-state index is 13.3. The Morgan fingerprint density at radius 2 is 1.81 bits per heavy atom. The number of aromatic nitrogens is 2. The number of carbonyl (C=O) groups excluding carboxylic acids is 1. The van der Waals surface area contributed by atoms with Gasteiger partial charge in [0.1, 0.15) is 6.23 Å². The molecular formula is C27H23N7O3. The summed E-state index contributed by atoms with van der Waals surface area (Å²) >= 11 is 0. The summed E-state index contributed by atoms with van der Waals surface area (Å²) in [5, 5.41) is 26.9. The molecule has 184 valence electrons. The first-order chi connectivity index (χ1) is 17.8. The van der Waals surface area contributed by atoms with Gasteiger partial charge in [-0.2, -0.15) is 5.10 Å². The van der Waals surface area contributed by atoms with E-state index in [9.17, 15) is 9.90 Å². The number of rotatable bonds is 2. The molecule has 3 unspecified atom stereocenters. The molecule has 3 aliphatic rings. The highest BCUT2D eigenvalue weighted by Gasteiger charge is 2.60. The van der Waals surface area contributed by atoms with Crippen LogP contribution in [0.3, 0.4) is 0 Å². The Balaban J connectivity index is 1.65. The second kappa shape index (κ2) is 6.47. The van der Waals surface area contributed by atoms with E-state index in [2.05, 4.69) is 30.7 Å². The van der Waals surface area contributed by atoms with Crippen LogP contribution in [0.25, 0.3) is 43.6 Å². The lowest BCUT2D eigenvalue weighted by atomic mass is 9.90. The fourth-order valence-electron chi connectivity index (χ4n) is 6.84. The predicted octanol–water partition coefficient (Wildman–Crippen LogP) is 2.74. The topological polar surface area (TPSA) is 145 Å². The molecule has 0 spiro atoms. The largest absolute Gasteiger partial charge is 0.379 e. The average molecular weight is 494 g/mol. The van der Waals surface area contributed by atoms with Crippen LogP contribution in [0.4, 0.5) is 0 Å². The lowest BCUT2D eigenvalue weighted by molar-refractivity contribution is -0.151. The number of para-hydroxylation sites is 2. The summed E-state index contributed by atoms with van der Waals surface area (Å²) in [5.41, 5.74) is 13.5. The van der Waals surface area contributed by atoms with E-state index >= 15 is 0 Å². The molecule has 0 radical (unpaired) electrons. The Morgan fingerprint density at radius 1 is 1.11 bits per heavy atom. The van der Waals surface area contributed by atoms with Gasteiger partial charge in [-0.3, -0.25) is 4.79 Å². The molecule has 8 rings (SSSR count). The van der Waals surface area contributed by atoms with Gasteiger partial charge in [0, 0.05) is 34.5 Å². The number of nitrogens with zero attached hydrogens (tertiary/aromatic N) is 4. The maximum Gasteiger partial charge on any atom is 0.252 e. The van der Waals surface area contributed by atoms with Gasteiger partial charge in [-0.25, -0.2) is 0 Å². The predicted molar refractivity (Wildman–Crippen MR) is 141 cm³/mol. The highest BCUT2D eigenvalue weighted by Crippen LogP contribution is 2.57. The molecule has 0 aliphatic carbocycles. The number of amides is 1. The van der Waals surface area contributed by atoms with E-state index in [-0.39, 0.29) is 18.3 Å². The molecule has 0 saturated carbocycles. The van der Waals surface area contributed by atoms with Crippen LogP contribution in [-0.2, 0) is 17.0 Å². The molecule has 1 amide bonds. The summed E-state index contributed by atoms with van der Waals surface area (Å²) in [7, 11) is 0. The number of aliphatic hydroxyl groups is 1. The Kier molecular flexibility index (Phi) is 3.63. The summed E-state index contributed by atoms with van der Waals surface area (Å²) in [6, 6.07) is 16.1. The SMILES string of the molecule is CC12OC(CC1(O)/C=N/N=C(N)N)n1c3ccccc3c3c4c(c5c6ccccc6n2c5c31)CNC4=O. The Hall–Kier alpha value is -4.41. The van der Waals surface area contributed by atoms with Gasteiger partial charge in [0.25, 0.3) is 5.91 Å². The van der Waals surface area contributed by atoms with Gasteiger partial charge in [0.05, 0.1) is 33.8 Å². The third-order valence-corrected chi connectivity index (χ3v) is 8.33. The minimum absolute atomic E-state index is 0.0703. The molecule has 5 aromatic rings. The van der Waals surface area contributed by atoms with Crippen LogP contribution < -0.4 is 16.8 Å². The van der Waals surface area contributed by atoms with Gasteiger partial charge >= 0.3 is 0 Å². The number of nitrogens with two attached hydrogens (primary N) is 2. The molecule has 5 heterocycles. The molecule has 6 N–H and O–H groups in total. The van der Waals surface area contributed by atoms with Crippen molar-refractivity contribution >= 4 is 61.7 Å². The number of fused-ring (bicyclic) bond motifs is 13. The minimum Gasteiger partial charge on any atom is -0.379 e. The van der Waals surface area contributed by atoms with Crippen molar-refractivity contribution in [2.24, 2.45) is 21.7 Å². The monoisotopic (exact) mass is 493 g/mol. The summed E-state index contributed by atoms with van der Waals surface area (Å²) in [4.78, 5) is 13.3. The first-order valence-electron chi connectivity index (χ1n) is 12.2. The fourth-order valence-corrected chi connectivity index (χ4v) is 6.84. The van der Waals surface area contributed by atoms with Crippen LogP contribution in [0.1, 0.15) is 35.5 Å². The molecule has 37 heavy (non-hydrogen) atoms. The Bertz CT molecular complexity index is 1930. The molecule has 2 bridgehead atoms. The Morgan fingerprint density at radius 3 is 2.57 bits per heavy atom. The van der Waals surface area contributed by atoms with Crippen molar-refractivity contribution < 1.29 is 14.6 Å². The van der Waals surface area contributed by atoms with Gasteiger partial charge in [-0.05, 0) is 24.6 Å². The van der Waals surface area contributed by atoms with Crippen LogP contribution in [0.2, 0.25) is 0 Å². The molecular weight excluding hydrogens is 470 g/mol. The van der Waals surface area contributed by atoms with Crippen molar-refractivity contribution in [2.75, 3.05) is 0 Å². The number of ether oxygens (including phenoxy) is 1. The molecule has 1 saturated heterocycles. The molecule has 3 atom stereocenters. The number of nitrogens with one attached hydrogen (secondary N) is 1. The molecule has 1 fully saturated rings. The second-order valence-corrected chi connectivity index (χ2v) is 10.2. The second-order valence-electron chi connectivity index (χ2n) is 10.2. The van der Waals surface area contributed by atoms with Crippen molar-refractivity contribution in [3.8, 4) is 0 Å². The van der Waals surface area contributed by atoms with Crippen molar-refractivity contribution in [1.29, 1.82) is 0 Å². The van der Waals surface area contributed by atoms with E-state index in [1.54, 1.807) is 0 Å². The van der Waals surface area contributed by atoms with E-state index in [1.807, 2.05) is 49.4 Å². The molecule has 2 aromatic heterocycles. The third-order valence-electron chi connectivity index (χ3n) is 8.33. The Labute approximate surface area is 209 Å². The summed E-state index contributed by atoms with van der Waals surface area (Å²) in [6.07, 6.45) is 1.05. The third kappa shape index (κ3) is 2.26. The fraction of sp³-hybridized carbons (Fsp3) is 0.222. The number of guanidine groups is 1. The van der Waals surface area contributed by atoms with Crippen molar-refractivity contribution in [2.45, 2.75) is 37.4 Å². The normalized spacial score (nSPS) is 26.1. The smallest absolute Gasteiger partial charge is 0.252 e. The molecule has 3 aliphatic heterocycles. The quantitative estimate of drug-likeness (QED) is 0.170. The highest BCUT2D eigenvalue weighted by atomic mass is 16.6. The van der Waals surface area contributed by atoms with E-state index in [1.165, 1.54) is 6.21 Å². The summed E-state index contributed by atoms with van der Waals surface area (Å²) in [5.74, 6) is -0.270. The number of hydrogen-bond donors (Lipinski definition) is 4. The van der Waals surface area contributed by atoms with Crippen LogP contribution in [-0.4, -0.2) is 37.9 Å². The van der Waals surface area contributed by atoms with Crippen LogP contribution in [0.5, 0.6) is 0 Å². The van der Waals surface area contributed by atoms with Crippen LogP contribution in [0, 0.1) is 0 Å². The van der Waals surface area contributed by atoms with Gasteiger partial charge in [-0.15, -0.1) is 5.10 Å². The van der Waals surface area contributed by atoms with Crippen molar-refractivity contribution in [3.05, 3.63) is 59.7 Å². The zero-order valence-corrected chi connectivity index (χ0v) is 19.9. The van der Waals surface area contributed by atoms with Gasteiger partial charge < -0.3 is 35.8 Å². The minimum atomic E-state index is -1.55. The van der Waals surface area contributed by atoms with Gasteiger partial charge in [0.2, 0.25) is 5.96 Å². The van der Waals surface area contributed by atoms with Crippen molar-refractivity contribution in [1.82, 2.24) is 14.5 Å². The number of carbonyl (C=O) groups is 1. The number of hydrogen-bond acceptors (Lipinski definition) is 5. The van der Waals surface area contributed by atoms with E-state index in [0.29, 0.717) is 12.1 Å². The van der Waals surface area contributed by atoms with Crippen molar-refractivity contribution in [3.63, 3.8) is 0 Å². The zero-order valence-electron chi connectivity index (χ0n) is 19.9. The first kappa shape index (κ1) is 20.7. The van der Waals surface area contributed by atoms with Crippen LogP contribution >= 0.6 is 0 Å².